The average molecular weight is 314 g/mol. The Hall–Kier alpha value is 1.08. The van der Waals surface area contributed by atoms with Crippen LogP contribution >= 0.6 is 46.4 Å². The van der Waals surface area contributed by atoms with E-state index < -0.39 is 4.33 Å². The molecule has 0 fully saturated rings. The summed E-state index contributed by atoms with van der Waals surface area (Å²) in [6.45, 7) is 3.84. The molecule has 6 heteroatoms. The quantitative estimate of drug-likeness (QED) is 0.736. The number of aliphatic hydroxyl groups excluding tert-OH is 2. The normalized spacial score (nSPS) is 15.0. The van der Waals surface area contributed by atoms with E-state index in [0.29, 0.717) is 12.8 Å². The van der Waals surface area contributed by atoms with E-state index in [4.69, 9.17) is 56.6 Å². The fraction of sp³-hybridized carbons (Fsp3) is 1.00. The molecule has 0 radical (unpaired) electrons. The maximum atomic E-state index is 8.42. The number of rotatable bonds is 6. The predicted octanol–water partition coefficient (Wildman–Crippen LogP) is 3.56. The highest BCUT2D eigenvalue weighted by Gasteiger charge is 2.19. The first-order valence-electron chi connectivity index (χ1n) is 5.22. The molecule has 0 aliphatic heterocycles. The smallest absolute Gasteiger partial charge is 0.120 e. The Morgan fingerprint density at radius 3 is 1.69 bits per heavy atom. The lowest BCUT2D eigenvalue weighted by Gasteiger charge is -2.13. The van der Waals surface area contributed by atoms with Crippen molar-refractivity contribution in [2.24, 2.45) is 0 Å². The van der Waals surface area contributed by atoms with Crippen LogP contribution in [0.5, 0.6) is 0 Å². The Morgan fingerprint density at radius 2 is 1.56 bits per heavy atom. The Kier molecular flexibility index (Phi) is 13.6. The molecule has 2 unspecified atom stereocenters. The van der Waals surface area contributed by atoms with E-state index in [1.807, 2.05) is 13.8 Å². The molecule has 16 heavy (non-hydrogen) atoms. The molecule has 2 nitrogen and oxygen atoms in total. The fourth-order valence-electron chi connectivity index (χ4n) is 0.710. The molecule has 0 heterocycles. The van der Waals surface area contributed by atoms with E-state index in [2.05, 4.69) is 0 Å². The second kappa shape index (κ2) is 11.2. The first-order valence-corrected chi connectivity index (χ1v) is 6.85. The van der Waals surface area contributed by atoms with Crippen LogP contribution in [-0.2, 0) is 0 Å². The first-order chi connectivity index (χ1) is 7.34. The molecule has 0 spiro atoms. The van der Waals surface area contributed by atoms with Gasteiger partial charge in [-0.15, -0.1) is 46.4 Å². The van der Waals surface area contributed by atoms with Gasteiger partial charge in [0.1, 0.15) is 4.33 Å². The van der Waals surface area contributed by atoms with E-state index in [9.17, 15) is 0 Å². The van der Waals surface area contributed by atoms with Crippen LogP contribution < -0.4 is 0 Å². The Morgan fingerprint density at radius 1 is 1.06 bits per heavy atom. The molecule has 0 saturated heterocycles. The van der Waals surface area contributed by atoms with E-state index in [1.165, 1.54) is 0 Å². The van der Waals surface area contributed by atoms with E-state index in [0.717, 1.165) is 6.42 Å². The number of hydrogen-bond acceptors (Lipinski definition) is 2. The lowest BCUT2D eigenvalue weighted by Crippen LogP contribution is -2.17. The third kappa shape index (κ3) is 11.6. The minimum absolute atomic E-state index is 0.0381. The van der Waals surface area contributed by atoms with Gasteiger partial charge in [0.25, 0.3) is 0 Å². The molecule has 2 N–H and O–H groups in total. The number of hydrogen-bond donors (Lipinski definition) is 2. The molecule has 0 rings (SSSR count). The van der Waals surface area contributed by atoms with Gasteiger partial charge in [-0.1, -0.05) is 13.8 Å². The first kappa shape index (κ1) is 19.4. The molecule has 0 aromatic heterocycles. The van der Waals surface area contributed by atoms with Crippen molar-refractivity contribution >= 4 is 46.4 Å². The molecule has 0 saturated carbocycles. The Bertz CT molecular complexity index is 148. The zero-order chi connectivity index (χ0) is 13.2. The van der Waals surface area contributed by atoms with Gasteiger partial charge in [0.2, 0.25) is 0 Å². The summed E-state index contributed by atoms with van der Waals surface area (Å²) in [7, 11) is 0. The molecule has 2 atom stereocenters. The van der Waals surface area contributed by atoms with Crippen LogP contribution in [0.3, 0.4) is 0 Å². The van der Waals surface area contributed by atoms with Gasteiger partial charge in [-0.25, -0.2) is 0 Å². The van der Waals surface area contributed by atoms with Crippen LogP contribution in [-0.4, -0.2) is 38.5 Å². The monoisotopic (exact) mass is 312 g/mol. The van der Waals surface area contributed by atoms with Gasteiger partial charge in [0.15, 0.2) is 0 Å². The van der Waals surface area contributed by atoms with Gasteiger partial charge in [-0.2, -0.15) is 0 Å². The van der Waals surface area contributed by atoms with Gasteiger partial charge < -0.3 is 10.2 Å². The largest absolute Gasteiger partial charge is 0.396 e. The maximum absolute atomic E-state index is 8.42. The fourth-order valence-corrected chi connectivity index (χ4v) is 1.14. The molecular formula is C10H20Cl4O2. The lowest BCUT2D eigenvalue weighted by molar-refractivity contribution is 0.280. The Balaban J connectivity index is 0. The highest BCUT2D eigenvalue weighted by Crippen LogP contribution is 2.27. The third-order valence-electron chi connectivity index (χ3n) is 1.95. The van der Waals surface area contributed by atoms with Gasteiger partial charge in [-0.3, -0.25) is 0 Å². The van der Waals surface area contributed by atoms with Gasteiger partial charge >= 0.3 is 0 Å². The van der Waals surface area contributed by atoms with Crippen molar-refractivity contribution in [1.82, 2.24) is 0 Å². The standard InChI is InChI=1S/2C5H10Cl2O/c1-2-5(6,7)3-4-8;1-2-4(6)5(7)3-8/h8H,2-4H2,1H3;4-5,8H,2-3H2,1H3. The number of alkyl halides is 4. The van der Waals surface area contributed by atoms with Crippen molar-refractivity contribution in [2.75, 3.05) is 13.2 Å². The highest BCUT2D eigenvalue weighted by molar-refractivity contribution is 6.48. The summed E-state index contributed by atoms with van der Waals surface area (Å²) in [6, 6.07) is 0. The van der Waals surface area contributed by atoms with Gasteiger partial charge in [0.05, 0.1) is 17.4 Å². The van der Waals surface area contributed by atoms with Crippen molar-refractivity contribution in [3.05, 3.63) is 0 Å². The van der Waals surface area contributed by atoms with Crippen molar-refractivity contribution in [3.8, 4) is 0 Å². The second-order valence-electron chi connectivity index (χ2n) is 3.31. The third-order valence-corrected chi connectivity index (χ3v) is 4.05. The predicted molar refractivity (Wildman–Crippen MR) is 73.1 cm³/mol. The zero-order valence-corrected chi connectivity index (χ0v) is 12.6. The van der Waals surface area contributed by atoms with Crippen molar-refractivity contribution in [3.63, 3.8) is 0 Å². The Labute approximate surface area is 118 Å². The summed E-state index contributed by atoms with van der Waals surface area (Å²) >= 11 is 22.4. The van der Waals surface area contributed by atoms with Crippen LogP contribution in [0.25, 0.3) is 0 Å². The number of halogens is 4. The van der Waals surface area contributed by atoms with E-state index in [1.54, 1.807) is 0 Å². The second-order valence-corrected chi connectivity index (χ2v) is 6.07. The van der Waals surface area contributed by atoms with Gasteiger partial charge in [0, 0.05) is 13.0 Å². The maximum Gasteiger partial charge on any atom is 0.120 e. The summed E-state index contributed by atoms with van der Waals surface area (Å²) in [6.07, 6.45) is 1.93. The topological polar surface area (TPSA) is 40.5 Å². The summed E-state index contributed by atoms with van der Waals surface area (Å²) < 4.78 is -0.714. The minimum Gasteiger partial charge on any atom is -0.396 e. The zero-order valence-electron chi connectivity index (χ0n) is 9.60. The molecule has 100 valence electrons. The molecule has 0 aliphatic carbocycles. The van der Waals surface area contributed by atoms with E-state index in [-0.39, 0.29) is 24.0 Å². The lowest BCUT2D eigenvalue weighted by atomic mass is 10.2. The molecule has 0 aliphatic rings. The summed E-state index contributed by atoms with van der Waals surface area (Å²) in [4.78, 5) is 0. The molecule has 0 aromatic rings. The summed E-state index contributed by atoms with van der Waals surface area (Å²) in [5.74, 6) is 0. The van der Waals surface area contributed by atoms with Crippen molar-refractivity contribution in [1.29, 1.82) is 0 Å². The molecular weight excluding hydrogens is 294 g/mol. The van der Waals surface area contributed by atoms with E-state index >= 15 is 0 Å². The van der Waals surface area contributed by atoms with Gasteiger partial charge in [-0.05, 0) is 12.8 Å². The summed E-state index contributed by atoms with van der Waals surface area (Å²) in [5.41, 5.74) is 0. The van der Waals surface area contributed by atoms with Crippen LogP contribution in [0.4, 0.5) is 0 Å². The SMILES string of the molecule is CCC(Cl)(Cl)CCO.CCC(Cl)C(Cl)CO. The van der Waals surface area contributed by atoms with Crippen LogP contribution in [0.15, 0.2) is 0 Å². The highest BCUT2D eigenvalue weighted by atomic mass is 35.5. The van der Waals surface area contributed by atoms with Crippen LogP contribution in [0, 0.1) is 0 Å². The van der Waals surface area contributed by atoms with Crippen LogP contribution in [0.1, 0.15) is 33.1 Å². The molecule has 0 bridgehead atoms. The molecule has 0 aromatic carbocycles. The average Bonchev–Trinajstić information content (AvgIpc) is 2.27. The van der Waals surface area contributed by atoms with Crippen molar-refractivity contribution < 1.29 is 10.2 Å². The van der Waals surface area contributed by atoms with Crippen LogP contribution in [0.2, 0.25) is 0 Å². The number of aliphatic hydroxyl groups is 2. The summed E-state index contributed by atoms with van der Waals surface area (Å²) in [5, 5.41) is 16.4. The molecule has 0 amide bonds. The van der Waals surface area contributed by atoms with Crippen molar-refractivity contribution in [2.45, 2.75) is 48.2 Å². The minimum atomic E-state index is -0.714.